The van der Waals surface area contributed by atoms with Gasteiger partial charge in [0.2, 0.25) is 11.8 Å². The summed E-state index contributed by atoms with van der Waals surface area (Å²) in [5.41, 5.74) is 0.311. The molecule has 0 aliphatic carbocycles. The lowest BCUT2D eigenvalue weighted by molar-refractivity contribution is -0.133. The van der Waals surface area contributed by atoms with Crippen molar-refractivity contribution in [1.82, 2.24) is 10.2 Å². The van der Waals surface area contributed by atoms with E-state index in [4.69, 9.17) is 11.6 Å². The van der Waals surface area contributed by atoms with E-state index >= 15 is 0 Å². The predicted octanol–water partition coefficient (Wildman–Crippen LogP) is 1.86. The van der Waals surface area contributed by atoms with Crippen LogP contribution in [0.5, 0.6) is 5.75 Å². The second kappa shape index (κ2) is 8.96. The van der Waals surface area contributed by atoms with Crippen molar-refractivity contribution in [1.29, 1.82) is 0 Å². The SMILES string of the molecule is CNCC(=O)N1CCC(C(=O)Nc2cc(Cl)ccc2O)CC1.Cl. The summed E-state index contributed by atoms with van der Waals surface area (Å²) in [5, 5.41) is 15.7. The Morgan fingerprint density at radius 3 is 2.61 bits per heavy atom. The van der Waals surface area contributed by atoms with E-state index in [9.17, 15) is 14.7 Å². The minimum Gasteiger partial charge on any atom is -0.506 e. The van der Waals surface area contributed by atoms with E-state index in [0.29, 0.717) is 43.2 Å². The second-order valence-electron chi connectivity index (χ2n) is 5.34. The van der Waals surface area contributed by atoms with Gasteiger partial charge in [0.05, 0.1) is 12.2 Å². The maximum Gasteiger partial charge on any atom is 0.236 e. The number of likely N-dealkylation sites (N-methyl/N-ethyl adjacent to an activating group) is 1. The summed E-state index contributed by atoms with van der Waals surface area (Å²) in [6.45, 7) is 1.45. The summed E-state index contributed by atoms with van der Waals surface area (Å²) in [4.78, 5) is 25.8. The minimum atomic E-state index is -0.169. The van der Waals surface area contributed by atoms with E-state index in [1.165, 1.54) is 12.1 Å². The molecule has 1 aliphatic heterocycles. The highest BCUT2D eigenvalue weighted by Crippen LogP contribution is 2.28. The van der Waals surface area contributed by atoms with Gasteiger partial charge in [-0.05, 0) is 38.1 Å². The first-order chi connectivity index (χ1) is 10.5. The van der Waals surface area contributed by atoms with Crippen molar-refractivity contribution in [3.05, 3.63) is 23.2 Å². The molecule has 3 N–H and O–H groups in total. The number of nitrogens with one attached hydrogen (secondary N) is 2. The van der Waals surface area contributed by atoms with Crippen molar-refractivity contribution in [2.45, 2.75) is 12.8 Å². The van der Waals surface area contributed by atoms with Crippen LogP contribution < -0.4 is 10.6 Å². The van der Waals surface area contributed by atoms with Gasteiger partial charge < -0.3 is 20.6 Å². The maximum atomic E-state index is 12.3. The van der Waals surface area contributed by atoms with Crippen molar-refractivity contribution in [3.8, 4) is 5.75 Å². The molecule has 0 spiro atoms. The lowest BCUT2D eigenvalue weighted by atomic mass is 9.95. The molecule has 0 radical (unpaired) electrons. The van der Waals surface area contributed by atoms with Gasteiger partial charge in [0.1, 0.15) is 5.75 Å². The molecule has 128 valence electrons. The van der Waals surface area contributed by atoms with Crippen LogP contribution in [0, 0.1) is 5.92 Å². The number of halogens is 2. The number of aromatic hydroxyl groups is 1. The first-order valence-corrected chi connectivity index (χ1v) is 7.61. The number of rotatable bonds is 4. The largest absolute Gasteiger partial charge is 0.506 e. The molecular formula is C15H21Cl2N3O3. The maximum absolute atomic E-state index is 12.3. The van der Waals surface area contributed by atoms with Crippen LogP contribution in [0.3, 0.4) is 0 Å². The van der Waals surface area contributed by atoms with Gasteiger partial charge in [-0.1, -0.05) is 11.6 Å². The first-order valence-electron chi connectivity index (χ1n) is 7.23. The fourth-order valence-corrected chi connectivity index (χ4v) is 2.67. The van der Waals surface area contributed by atoms with E-state index in [2.05, 4.69) is 10.6 Å². The molecule has 0 aromatic heterocycles. The van der Waals surface area contributed by atoms with Crippen LogP contribution in [-0.2, 0) is 9.59 Å². The van der Waals surface area contributed by atoms with Crippen molar-refractivity contribution < 1.29 is 14.7 Å². The van der Waals surface area contributed by atoms with Crippen LogP contribution in [0.2, 0.25) is 5.02 Å². The summed E-state index contributed by atoms with van der Waals surface area (Å²) >= 11 is 5.86. The molecule has 0 unspecified atom stereocenters. The number of likely N-dealkylation sites (tertiary alicyclic amines) is 1. The summed E-state index contributed by atoms with van der Waals surface area (Å²) in [7, 11) is 1.73. The number of phenolic OH excluding ortho intramolecular Hbond substituents is 1. The van der Waals surface area contributed by atoms with Crippen LogP contribution in [0.15, 0.2) is 18.2 Å². The smallest absolute Gasteiger partial charge is 0.236 e. The number of nitrogens with zero attached hydrogens (tertiary/aromatic N) is 1. The highest BCUT2D eigenvalue weighted by atomic mass is 35.5. The number of piperidine rings is 1. The Morgan fingerprint density at radius 2 is 2.00 bits per heavy atom. The molecule has 1 fully saturated rings. The molecule has 1 aliphatic rings. The lowest BCUT2D eigenvalue weighted by Gasteiger charge is -2.31. The van der Waals surface area contributed by atoms with E-state index < -0.39 is 0 Å². The third kappa shape index (κ3) is 5.27. The normalized spacial score (nSPS) is 15.0. The summed E-state index contributed by atoms with van der Waals surface area (Å²) in [6, 6.07) is 4.51. The molecule has 1 aromatic carbocycles. The van der Waals surface area contributed by atoms with E-state index in [1.807, 2.05) is 0 Å². The standard InChI is InChI=1S/C15H20ClN3O3.ClH/c1-17-9-14(21)19-6-4-10(5-7-19)15(22)18-12-8-11(16)2-3-13(12)20;/h2-3,8,10,17,20H,4-7,9H2,1H3,(H,18,22);1H. The van der Waals surface area contributed by atoms with E-state index in [0.717, 1.165) is 0 Å². The van der Waals surface area contributed by atoms with Crippen LogP contribution in [0.4, 0.5) is 5.69 Å². The summed E-state index contributed by atoms with van der Waals surface area (Å²) in [6.07, 6.45) is 1.23. The van der Waals surface area contributed by atoms with E-state index in [-0.39, 0.29) is 35.9 Å². The Bertz CT molecular complexity index is 561. The van der Waals surface area contributed by atoms with Gasteiger partial charge in [-0.25, -0.2) is 0 Å². The quantitative estimate of drug-likeness (QED) is 0.715. The Hall–Kier alpha value is -1.50. The molecule has 23 heavy (non-hydrogen) atoms. The van der Waals surface area contributed by atoms with Crippen LogP contribution in [-0.4, -0.2) is 48.5 Å². The molecule has 1 heterocycles. The van der Waals surface area contributed by atoms with Crippen LogP contribution >= 0.6 is 24.0 Å². The fraction of sp³-hybridized carbons (Fsp3) is 0.467. The van der Waals surface area contributed by atoms with Gasteiger partial charge in [0, 0.05) is 24.0 Å². The zero-order chi connectivity index (χ0) is 16.1. The second-order valence-corrected chi connectivity index (χ2v) is 5.77. The van der Waals surface area contributed by atoms with Gasteiger partial charge in [-0.3, -0.25) is 9.59 Å². The number of amides is 2. The van der Waals surface area contributed by atoms with Crippen molar-refractivity contribution in [2.75, 3.05) is 32.0 Å². The lowest BCUT2D eigenvalue weighted by Crippen LogP contribution is -2.44. The van der Waals surface area contributed by atoms with Gasteiger partial charge in [0.15, 0.2) is 0 Å². The highest BCUT2D eigenvalue weighted by Gasteiger charge is 2.27. The molecule has 0 atom stereocenters. The number of anilines is 1. The third-order valence-electron chi connectivity index (χ3n) is 3.76. The van der Waals surface area contributed by atoms with Crippen molar-refractivity contribution in [3.63, 3.8) is 0 Å². The van der Waals surface area contributed by atoms with Crippen LogP contribution in [0.25, 0.3) is 0 Å². The average Bonchev–Trinajstić information content (AvgIpc) is 2.51. The molecule has 2 amide bonds. The predicted molar refractivity (Wildman–Crippen MR) is 92.2 cm³/mol. The number of phenols is 1. The zero-order valence-electron chi connectivity index (χ0n) is 12.8. The van der Waals surface area contributed by atoms with Gasteiger partial charge in [-0.15, -0.1) is 12.4 Å². The van der Waals surface area contributed by atoms with E-state index in [1.54, 1.807) is 18.0 Å². The monoisotopic (exact) mass is 361 g/mol. The third-order valence-corrected chi connectivity index (χ3v) is 4.00. The fourth-order valence-electron chi connectivity index (χ4n) is 2.50. The summed E-state index contributed by atoms with van der Waals surface area (Å²) in [5.74, 6) is -0.288. The number of carbonyl (C=O) groups excluding carboxylic acids is 2. The molecule has 2 rings (SSSR count). The Morgan fingerprint density at radius 1 is 1.35 bits per heavy atom. The molecule has 1 aromatic rings. The molecule has 0 bridgehead atoms. The zero-order valence-corrected chi connectivity index (χ0v) is 14.4. The Kier molecular flexibility index (Phi) is 7.61. The molecule has 0 saturated carbocycles. The highest BCUT2D eigenvalue weighted by molar-refractivity contribution is 6.31. The molecule has 1 saturated heterocycles. The molecule has 6 nitrogen and oxygen atoms in total. The number of carbonyl (C=O) groups is 2. The number of hydrogen-bond acceptors (Lipinski definition) is 4. The molecule has 8 heteroatoms. The van der Waals surface area contributed by atoms with Crippen molar-refractivity contribution in [2.24, 2.45) is 5.92 Å². The van der Waals surface area contributed by atoms with Gasteiger partial charge in [-0.2, -0.15) is 0 Å². The average molecular weight is 362 g/mol. The van der Waals surface area contributed by atoms with Crippen molar-refractivity contribution >= 4 is 41.5 Å². The summed E-state index contributed by atoms with van der Waals surface area (Å²) < 4.78 is 0. The molecular weight excluding hydrogens is 341 g/mol. The van der Waals surface area contributed by atoms with Gasteiger partial charge >= 0.3 is 0 Å². The minimum absolute atomic E-state index is 0. The Labute approximate surface area is 146 Å². The van der Waals surface area contributed by atoms with Gasteiger partial charge in [0.25, 0.3) is 0 Å². The first kappa shape index (κ1) is 19.5. The van der Waals surface area contributed by atoms with Crippen LogP contribution in [0.1, 0.15) is 12.8 Å². The topological polar surface area (TPSA) is 81.7 Å². The number of hydrogen-bond donors (Lipinski definition) is 3. The Balaban J connectivity index is 0.00000264. The number of benzene rings is 1.